The van der Waals surface area contributed by atoms with Gasteiger partial charge in [-0.15, -0.1) is 0 Å². The summed E-state index contributed by atoms with van der Waals surface area (Å²) < 4.78 is 5.94. The van der Waals surface area contributed by atoms with E-state index in [1.807, 2.05) is 24.3 Å². The number of carbonyl (C=O) groups excluding carboxylic acids is 2. The molecule has 0 unspecified atom stereocenters. The average molecular weight is 451 g/mol. The standard InChI is InChI=1S/C26H30N2O5/c29-24(19-5-3-18(4-6-19)17-1-2-17)27-15-16-28-25(30)20-7-11-22(12-8-20)33-23-13-9-21(10-14-23)26(31)32/h3-8,11-12,17,21,23H,1-2,9-10,13-16H2,(H,27,29)(H,28,30)(H,31,32)/t21-,23+. The Morgan fingerprint density at radius 2 is 1.27 bits per heavy atom. The highest BCUT2D eigenvalue weighted by Crippen LogP contribution is 2.39. The zero-order valence-electron chi connectivity index (χ0n) is 18.6. The van der Waals surface area contributed by atoms with Crippen molar-refractivity contribution in [2.24, 2.45) is 5.92 Å². The maximum absolute atomic E-state index is 12.3. The minimum Gasteiger partial charge on any atom is -0.490 e. The molecule has 0 aromatic heterocycles. The van der Waals surface area contributed by atoms with Crippen LogP contribution in [0.1, 0.15) is 70.7 Å². The van der Waals surface area contributed by atoms with Gasteiger partial charge in [-0.05, 0) is 86.4 Å². The Balaban J connectivity index is 1.16. The zero-order valence-corrected chi connectivity index (χ0v) is 18.6. The monoisotopic (exact) mass is 450 g/mol. The summed E-state index contributed by atoms with van der Waals surface area (Å²) >= 11 is 0. The number of hydrogen-bond donors (Lipinski definition) is 3. The fraction of sp³-hybridized carbons (Fsp3) is 0.423. The van der Waals surface area contributed by atoms with Crippen LogP contribution in [0.25, 0.3) is 0 Å². The fourth-order valence-corrected chi connectivity index (χ4v) is 4.18. The van der Waals surface area contributed by atoms with Crippen molar-refractivity contribution in [3.8, 4) is 5.75 Å². The molecule has 2 aromatic carbocycles. The first-order valence-electron chi connectivity index (χ1n) is 11.7. The van der Waals surface area contributed by atoms with Gasteiger partial charge in [0.05, 0.1) is 12.0 Å². The molecule has 2 amide bonds. The molecule has 0 atom stereocenters. The summed E-state index contributed by atoms with van der Waals surface area (Å²) in [6, 6.07) is 14.6. The second kappa shape index (κ2) is 10.5. The summed E-state index contributed by atoms with van der Waals surface area (Å²) in [7, 11) is 0. The van der Waals surface area contributed by atoms with Gasteiger partial charge in [0, 0.05) is 24.2 Å². The lowest BCUT2D eigenvalue weighted by atomic mass is 9.87. The summed E-state index contributed by atoms with van der Waals surface area (Å²) in [5.41, 5.74) is 2.43. The summed E-state index contributed by atoms with van der Waals surface area (Å²) in [4.78, 5) is 35.6. The van der Waals surface area contributed by atoms with Crippen molar-refractivity contribution in [1.82, 2.24) is 10.6 Å². The molecule has 2 fully saturated rings. The highest BCUT2D eigenvalue weighted by atomic mass is 16.5. The molecule has 33 heavy (non-hydrogen) atoms. The second-order valence-electron chi connectivity index (χ2n) is 8.86. The first kappa shape index (κ1) is 22.8. The van der Waals surface area contributed by atoms with Crippen LogP contribution in [0, 0.1) is 5.92 Å². The number of amides is 2. The maximum atomic E-state index is 12.3. The van der Waals surface area contributed by atoms with Crippen LogP contribution in [0.4, 0.5) is 0 Å². The Morgan fingerprint density at radius 1 is 0.758 bits per heavy atom. The second-order valence-corrected chi connectivity index (χ2v) is 8.86. The van der Waals surface area contributed by atoms with E-state index in [4.69, 9.17) is 9.84 Å². The van der Waals surface area contributed by atoms with Crippen LogP contribution in [0.3, 0.4) is 0 Å². The molecule has 0 heterocycles. The van der Waals surface area contributed by atoms with E-state index in [-0.39, 0.29) is 23.8 Å². The molecule has 2 aromatic rings. The molecule has 0 aliphatic heterocycles. The first-order chi connectivity index (χ1) is 16.0. The first-order valence-corrected chi connectivity index (χ1v) is 11.7. The predicted molar refractivity (Wildman–Crippen MR) is 124 cm³/mol. The van der Waals surface area contributed by atoms with Crippen molar-refractivity contribution in [2.45, 2.75) is 50.5 Å². The zero-order chi connectivity index (χ0) is 23.2. The van der Waals surface area contributed by atoms with Crippen molar-refractivity contribution in [2.75, 3.05) is 13.1 Å². The van der Waals surface area contributed by atoms with Crippen molar-refractivity contribution in [1.29, 1.82) is 0 Å². The van der Waals surface area contributed by atoms with Gasteiger partial charge in [-0.3, -0.25) is 14.4 Å². The van der Waals surface area contributed by atoms with E-state index >= 15 is 0 Å². The molecular formula is C26H30N2O5. The number of hydrogen-bond acceptors (Lipinski definition) is 4. The number of nitrogens with one attached hydrogen (secondary N) is 2. The quantitative estimate of drug-likeness (QED) is 0.505. The van der Waals surface area contributed by atoms with Crippen molar-refractivity contribution in [3.63, 3.8) is 0 Å². The van der Waals surface area contributed by atoms with E-state index in [1.165, 1.54) is 18.4 Å². The van der Waals surface area contributed by atoms with Gasteiger partial charge in [-0.25, -0.2) is 0 Å². The molecular weight excluding hydrogens is 420 g/mol. The summed E-state index contributed by atoms with van der Waals surface area (Å²) in [5.74, 6) is -0.0291. The van der Waals surface area contributed by atoms with Crippen LogP contribution in [0.15, 0.2) is 48.5 Å². The third kappa shape index (κ3) is 6.34. The van der Waals surface area contributed by atoms with E-state index in [0.717, 1.165) is 12.8 Å². The van der Waals surface area contributed by atoms with Crippen LogP contribution < -0.4 is 15.4 Å². The number of carboxylic acid groups (broad SMARTS) is 1. The number of aliphatic carboxylic acids is 1. The summed E-state index contributed by atoms with van der Waals surface area (Å²) in [5, 5.41) is 14.7. The Kier molecular flexibility index (Phi) is 7.27. The number of carbonyl (C=O) groups is 3. The largest absolute Gasteiger partial charge is 0.490 e. The van der Waals surface area contributed by atoms with Gasteiger partial charge < -0.3 is 20.5 Å². The highest BCUT2D eigenvalue weighted by molar-refractivity contribution is 5.95. The van der Waals surface area contributed by atoms with Gasteiger partial charge in [0.2, 0.25) is 0 Å². The summed E-state index contributed by atoms with van der Waals surface area (Å²) in [6.07, 6.45) is 5.16. The van der Waals surface area contributed by atoms with Crippen molar-refractivity contribution < 1.29 is 24.2 Å². The molecule has 4 rings (SSSR count). The van der Waals surface area contributed by atoms with E-state index in [9.17, 15) is 14.4 Å². The van der Waals surface area contributed by atoms with E-state index < -0.39 is 5.97 Å². The van der Waals surface area contributed by atoms with Gasteiger partial charge in [-0.1, -0.05) is 12.1 Å². The van der Waals surface area contributed by atoms with Crippen molar-refractivity contribution in [3.05, 3.63) is 65.2 Å². The lowest BCUT2D eigenvalue weighted by molar-refractivity contribution is -0.143. The van der Waals surface area contributed by atoms with Gasteiger partial charge >= 0.3 is 5.97 Å². The van der Waals surface area contributed by atoms with Gasteiger partial charge in [-0.2, -0.15) is 0 Å². The molecule has 2 saturated carbocycles. The van der Waals surface area contributed by atoms with Gasteiger partial charge in [0.15, 0.2) is 0 Å². The Morgan fingerprint density at radius 3 is 1.76 bits per heavy atom. The molecule has 7 heteroatoms. The molecule has 0 bridgehead atoms. The molecule has 2 aliphatic carbocycles. The lowest BCUT2D eigenvalue weighted by Gasteiger charge is -2.26. The van der Waals surface area contributed by atoms with E-state index in [1.54, 1.807) is 24.3 Å². The predicted octanol–water partition coefficient (Wildman–Crippen LogP) is 3.75. The van der Waals surface area contributed by atoms with Crippen LogP contribution >= 0.6 is 0 Å². The molecule has 0 radical (unpaired) electrons. The average Bonchev–Trinajstić information content (AvgIpc) is 3.68. The Bertz CT molecular complexity index is 975. The molecule has 174 valence electrons. The van der Waals surface area contributed by atoms with Gasteiger partial charge in [0.25, 0.3) is 11.8 Å². The smallest absolute Gasteiger partial charge is 0.306 e. The van der Waals surface area contributed by atoms with E-state index in [0.29, 0.717) is 48.7 Å². The van der Waals surface area contributed by atoms with Gasteiger partial charge in [0.1, 0.15) is 5.75 Å². The van der Waals surface area contributed by atoms with E-state index in [2.05, 4.69) is 10.6 Å². The van der Waals surface area contributed by atoms with Crippen LogP contribution in [-0.4, -0.2) is 42.1 Å². The number of benzene rings is 2. The Hall–Kier alpha value is -3.35. The minimum absolute atomic E-state index is 0.00815. The normalized spacial score (nSPS) is 20.0. The fourth-order valence-electron chi connectivity index (χ4n) is 4.18. The molecule has 3 N–H and O–H groups in total. The van der Waals surface area contributed by atoms with Crippen LogP contribution in [0.5, 0.6) is 5.75 Å². The number of carboxylic acids is 1. The van der Waals surface area contributed by atoms with Crippen LogP contribution in [-0.2, 0) is 4.79 Å². The lowest BCUT2D eigenvalue weighted by Crippen LogP contribution is -2.34. The molecule has 0 saturated heterocycles. The molecule has 0 spiro atoms. The maximum Gasteiger partial charge on any atom is 0.306 e. The summed E-state index contributed by atoms with van der Waals surface area (Å²) in [6.45, 7) is 0.672. The SMILES string of the molecule is O=C(NCCNC(=O)c1ccc(C2CC2)cc1)c1ccc(O[C@H]2CC[C@@H](C(=O)O)CC2)cc1. The molecule has 7 nitrogen and oxygen atoms in total. The minimum atomic E-state index is -0.731. The third-order valence-electron chi connectivity index (χ3n) is 6.36. The number of ether oxygens (including phenoxy) is 1. The van der Waals surface area contributed by atoms with Crippen LogP contribution in [0.2, 0.25) is 0 Å². The highest BCUT2D eigenvalue weighted by Gasteiger charge is 2.27. The third-order valence-corrected chi connectivity index (χ3v) is 6.36. The van der Waals surface area contributed by atoms with Crippen molar-refractivity contribution >= 4 is 17.8 Å². The molecule has 2 aliphatic rings. The number of rotatable bonds is 9. The Labute approximate surface area is 193 Å². The topological polar surface area (TPSA) is 105 Å².